The lowest BCUT2D eigenvalue weighted by Gasteiger charge is -2.22. The maximum absolute atomic E-state index is 13.4. The smallest absolute Gasteiger partial charge is 0.264 e. The number of ketones is 1. The zero-order valence-electron chi connectivity index (χ0n) is 18.5. The van der Waals surface area contributed by atoms with E-state index in [0.29, 0.717) is 22.7 Å². The number of Topliss-reactive ketones (excluding diaryl/α,β-unsaturated/α-hetero) is 1. The SMILES string of the molecule is COc1ccc(OC)c(C(=O)C[C@]2(O)C(=O)N(C/C=C/c3ccccc3)c3ccccc32)c1. The van der Waals surface area contributed by atoms with E-state index in [4.69, 9.17) is 9.47 Å². The maximum Gasteiger partial charge on any atom is 0.264 e. The van der Waals surface area contributed by atoms with E-state index in [9.17, 15) is 14.7 Å². The molecule has 0 aromatic heterocycles. The summed E-state index contributed by atoms with van der Waals surface area (Å²) in [5.41, 5.74) is 0.292. The fourth-order valence-electron chi connectivity index (χ4n) is 4.08. The van der Waals surface area contributed by atoms with Crippen LogP contribution in [0.25, 0.3) is 6.08 Å². The number of hydrogen-bond acceptors (Lipinski definition) is 5. The summed E-state index contributed by atoms with van der Waals surface area (Å²) in [6.45, 7) is 0.268. The van der Waals surface area contributed by atoms with Gasteiger partial charge in [-0.2, -0.15) is 0 Å². The third-order valence-corrected chi connectivity index (χ3v) is 5.76. The molecule has 1 heterocycles. The number of nitrogens with zero attached hydrogens (tertiary/aromatic N) is 1. The molecule has 6 heteroatoms. The number of aliphatic hydroxyl groups is 1. The molecule has 1 aliphatic heterocycles. The Kier molecular flexibility index (Phi) is 6.29. The lowest BCUT2D eigenvalue weighted by atomic mass is 9.88. The van der Waals surface area contributed by atoms with Crippen LogP contribution < -0.4 is 14.4 Å². The fraction of sp³-hybridized carbons (Fsp3) is 0.185. The van der Waals surface area contributed by atoms with E-state index in [1.165, 1.54) is 19.1 Å². The standard InChI is InChI=1S/C27H25NO5/c1-32-20-14-15-25(33-2)21(17-20)24(29)18-27(31)22-12-6-7-13-23(22)28(26(27)30)16-8-11-19-9-4-3-5-10-19/h3-15,17,31H,16,18H2,1-2H3/b11-8+/t27-/m1/s1. The maximum atomic E-state index is 13.4. The summed E-state index contributed by atoms with van der Waals surface area (Å²) in [5.74, 6) is -0.113. The molecule has 1 amide bonds. The summed E-state index contributed by atoms with van der Waals surface area (Å²) < 4.78 is 10.5. The number of benzene rings is 3. The predicted octanol–water partition coefficient (Wildman–Crippen LogP) is 4.22. The summed E-state index contributed by atoms with van der Waals surface area (Å²) >= 11 is 0. The summed E-state index contributed by atoms with van der Waals surface area (Å²) in [6.07, 6.45) is 3.37. The number of ether oxygens (including phenoxy) is 2. The summed E-state index contributed by atoms with van der Waals surface area (Å²) in [7, 11) is 2.96. The van der Waals surface area contributed by atoms with E-state index in [1.807, 2.05) is 42.5 Å². The monoisotopic (exact) mass is 443 g/mol. The third kappa shape index (κ3) is 4.25. The van der Waals surface area contributed by atoms with Crippen LogP contribution in [0, 0.1) is 0 Å². The molecule has 0 spiro atoms. The largest absolute Gasteiger partial charge is 0.497 e. The van der Waals surface area contributed by atoms with Crippen molar-refractivity contribution in [3.05, 3.63) is 95.6 Å². The summed E-state index contributed by atoms with van der Waals surface area (Å²) in [5, 5.41) is 11.5. The van der Waals surface area contributed by atoms with Crippen LogP contribution in [0.3, 0.4) is 0 Å². The molecular weight excluding hydrogens is 418 g/mol. The highest BCUT2D eigenvalue weighted by Crippen LogP contribution is 2.43. The quantitative estimate of drug-likeness (QED) is 0.528. The number of rotatable bonds is 8. The molecule has 3 aromatic rings. The van der Waals surface area contributed by atoms with Gasteiger partial charge in [0, 0.05) is 12.1 Å². The first kappa shape index (κ1) is 22.3. The molecule has 1 N–H and O–H groups in total. The number of fused-ring (bicyclic) bond motifs is 1. The molecule has 0 saturated carbocycles. The number of anilines is 1. The molecule has 1 atom stereocenters. The molecular formula is C27H25NO5. The Bertz CT molecular complexity index is 1200. The van der Waals surface area contributed by atoms with Crippen molar-refractivity contribution in [1.29, 1.82) is 0 Å². The molecule has 0 fully saturated rings. The van der Waals surface area contributed by atoms with E-state index in [0.717, 1.165) is 5.56 Å². The normalized spacial score (nSPS) is 17.3. The molecule has 3 aromatic carbocycles. The van der Waals surface area contributed by atoms with Crippen molar-refractivity contribution < 1.29 is 24.2 Å². The van der Waals surface area contributed by atoms with Crippen molar-refractivity contribution in [2.75, 3.05) is 25.7 Å². The topological polar surface area (TPSA) is 76.1 Å². The first-order chi connectivity index (χ1) is 16.0. The lowest BCUT2D eigenvalue weighted by molar-refractivity contribution is -0.135. The van der Waals surface area contributed by atoms with Crippen molar-refractivity contribution in [3.63, 3.8) is 0 Å². The second-order valence-corrected chi connectivity index (χ2v) is 7.77. The minimum Gasteiger partial charge on any atom is -0.497 e. The Hall–Kier alpha value is -3.90. The van der Waals surface area contributed by atoms with Gasteiger partial charge in [0.05, 0.1) is 31.9 Å². The van der Waals surface area contributed by atoms with E-state index in [2.05, 4.69) is 0 Å². The summed E-state index contributed by atoms with van der Waals surface area (Å²) in [4.78, 5) is 28.1. The molecule has 0 radical (unpaired) electrons. The van der Waals surface area contributed by atoms with Gasteiger partial charge in [-0.1, -0.05) is 60.7 Å². The van der Waals surface area contributed by atoms with Gasteiger partial charge in [0.2, 0.25) is 0 Å². The minimum atomic E-state index is -1.97. The highest BCUT2D eigenvalue weighted by atomic mass is 16.5. The number of amides is 1. The van der Waals surface area contributed by atoms with E-state index >= 15 is 0 Å². The molecule has 6 nitrogen and oxygen atoms in total. The first-order valence-electron chi connectivity index (χ1n) is 10.6. The van der Waals surface area contributed by atoms with E-state index in [1.54, 1.807) is 42.5 Å². The molecule has 0 bridgehead atoms. The molecule has 1 aliphatic rings. The fourth-order valence-corrected chi connectivity index (χ4v) is 4.08. The molecule has 4 rings (SSSR count). The molecule has 0 saturated heterocycles. The van der Waals surface area contributed by atoms with Gasteiger partial charge in [-0.25, -0.2) is 0 Å². The van der Waals surface area contributed by atoms with Gasteiger partial charge < -0.3 is 19.5 Å². The summed E-state index contributed by atoms with van der Waals surface area (Å²) in [6, 6.07) is 21.6. The van der Waals surface area contributed by atoms with Crippen LogP contribution in [0.1, 0.15) is 27.9 Å². The van der Waals surface area contributed by atoms with Crippen molar-refractivity contribution >= 4 is 23.5 Å². The number of carbonyl (C=O) groups is 2. The average Bonchev–Trinajstić information content (AvgIpc) is 3.06. The van der Waals surface area contributed by atoms with Crippen LogP contribution >= 0.6 is 0 Å². The Morgan fingerprint density at radius 3 is 2.45 bits per heavy atom. The number of carbonyl (C=O) groups excluding carboxylic acids is 2. The van der Waals surface area contributed by atoms with Gasteiger partial charge >= 0.3 is 0 Å². The van der Waals surface area contributed by atoms with Gasteiger partial charge in [0.1, 0.15) is 11.5 Å². The Morgan fingerprint density at radius 2 is 1.73 bits per heavy atom. The minimum absolute atomic E-state index is 0.248. The van der Waals surface area contributed by atoms with Crippen LogP contribution in [0.4, 0.5) is 5.69 Å². The first-order valence-corrected chi connectivity index (χ1v) is 10.6. The van der Waals surface area contributed by atoms with Gasteiger partial charge in [-0.3, -0.25) is 9.59 Å². The number of para-hydroxylation sites is 1. The molecule has 0 aliphatic carbocycles. The van der Waals surface area contributed by atoms with Crippen molar-refractivity contribution in [3.8, 4) is 11.5 Å². The van der Waals surface area contributed by atoms with Gasteiger partial charge in [0.25, 0.3) is 5.91 Å². The highest BCUT2D eigenvalue weighted by molar-refractivity contribution is 6.11. The van der Waals surface area contributed by atoms with Crippen molar-refractivity contribution in [1.82, 2.24) is 0 Å². The van der Waals surface area contributed by atoms with Crippen LogP contribution in [0.15, 0.2) is 78.9 Å². The second-order valence-electron chi connectivity index (χ2n) is 7.77. The highest BCUT2D eigenvalue weighted by Gasteiger charge is 2.50. The second kappa shape index (κ2) is 9.30. The third-order valence-electron chi connectivity index (χ3n) is 5.76. The number of hydrogen-bond donors (Lipinski definition) is 1. The van der Waals surface area contributed by atoms with Crippen molar-refractivity contribution in [2.45, 2.75) is 12.0 Å². The van der Waals surface area contributed by atoms with Gasteiger partial charge in [-0.05, 0) is 29.8 Å². The lowest BCUT2D eigenvalue weighted by Crippen LogP contribution is -2.42. The van der Waals surface area contributed by atoms with Crippen molar-refractivity contribution in [2.24, 2.45) is 0 Å². The Morgan fingerprint density at radius 1 is 1.00 bits per heavy atom. The van der Waals surface area contributed by atoms with Crippen LogP contribution in [0.2, 0.25) is 0 Å². The van der Waals surface area contributed by atoms with Gasteiger partial charge in [0.15, 0.2) is 11.4 Å². The van der Waals surface area contributed by atoms with Gasteiger partial charge in [-0.15, -0.1) is 0 Å². The Balaban J connectivity index is 1.63. The van der Waals surface area contributed by atoms with Crippen LogP contribution in [-0.2, 0) is 10.4 Å². The number of methoxy groups -OCH3 is 2. The Labute approximate surface area is 192 Å². The zero-order chi connectivity index (χ0) is 23.4. The zero-order valence-corrected chi connectivity index (χ0v) is 18.5. The van der Waals surface area contributed by atoms with Crippen LogP contribution in [-0.4, -0.2) is 37.6 Å². The predicted molar refractivity (Wildman–Crippen MR) is 127 cm³/mol. The van der Waals surface area contributed by atoms with Crippen LogP contribution in [0.5, 0.6) is 11.5 Å². The molecule has 33 heavy (non-hydrogen) atoms. The molecule has 0 unspecified atom stereocenters. The van der Waals surface area contributed by atoms with E-state index in [-0.39, 0.29) is 12.1 Å². The van der Waals surface area contributed by atoms with E-state index < -0.39 is 23.7 Å². The molecule has 168 valence electrons. The average molecular weight is 443 g/mol.